The molecule has 3 fully saturated rings. The van der Waals surface area contributed by atoms with Crippen molar-refractivity contribution < 1.29 is 19.5 Å². The Labute approximate surface area is 208 Å². The van der Waals surface area contributed by atoms with E-state index in [1.54, 1.807) is 45.5 Å². The Morgan fingerprint density at radius 2 is 1.91 bits per heavy atom. The largest absolute Gasteiger partial charge is 0.394 e. The zero-order valence-electron chi connectivity index (χ0n) is 21.3. The highest BCUT2D eigenvalue weighted by atomic mass is 32.2. The summed E-state index contributed by atoms with van der Waals surface area (Å²) < 4.78 is -0.653. The lowest BCUT2D eigenvalue weighted by Crippen LogP contribution is -2.60. The van der Waals surface area contributed by atoms with Gasteiger partial charge in [0.05, 0.1) is 29.2 Å². The summed E-state index contributed by atoms with van der Waals surface area (Å²) in [5.41, 5.74) is -0.463. The quantitative estimate of drug-likeness (QED) is 0.475. The van der Waals surface area contributed by atoms with Crippen molar-refractivity contribution >= 4 is 29.5 Å². The fourth-order valence-electron chi connectivity index (χ4n) is 6.11. The van der Waals surface area contributed by atoms with Gasteiger partial charge < -0.3 is 19.8 Å². The number of aliphatic hydroxyl groups is 1. The number of thioether (sulfide) groups is 1. The molecule has 3 heterocycles. The van der Waals surface area contributed by atoms with Crippen molar-refractivity contribution in [1.29, 1.82) is 0 Å². The first kappa shape index (κ1) is 26.8. The maximum absolute atomic E-state index is 14.2. The molecule has 1 N–H and O–H groups in total. The molecule has 2 unspecified atom stereocenters. The summed E-state index contributed by atoms with van der Waals surface area (Å²) in [6.07, 6.45) is 5.78. The summed E-state index contributed by atoms with van der Waals surface area (Å²) in [4.78, 5) is 47.1. The fraction of sp³-hybridized carbons (Fsp3) is 0.731. The van der Waals surface area contributed by atoms with Crippen molar-refractivity contribution in [3.63, 3.8) is 0 Å². The summed E-state index contributed by atoms with van der Waals surface area (Å²) >= 11 is 1.67. The van der Waals surface area contributed by atoms with E-state index in [2.05, 4.69) is 13.2 Å². The molecule has 3 rings (SSSR count). The molecular formula is C26H41N3O4S. The Morgan fingerprint density at radius 3 is 2.44 bits per heavy atom. The van der Waals surface area contributed by atoms with Crippen LogP contribution in [0.5, 0.6) is 0 Å². The van der Waals surface area contributed by atoms with E-state index < -0.39 is 34.2 Å². The number of carbonyl (C=O) groups is 3. The van der Waals surface area contributed by atoms with Crippen LogP contribution < -0.4 is 0 Å². The van der Waals surface area contributed by atoms with Crippen LogP contribution in [0.4, 0.5) is 0 Å². The van der Waals surface area contributed by atoms with Crippen molar-refractivity contribution in [2.45, 2.75) is 81.5 Å². The second kappa shape index (κ2) is 10.1. The van der Waals surface area contributed by atoms with Gasteiger partial charge in [0.1, 0.15) is 6.04 Å². The van der Waals surface area contributed by atoms with Crippen LogP contribution in [-0.2, 0) is 14.4 Å². The second-order valence-corrected chi connectivity index (χ2v) is 12.4. The van der Waals surface area contributed by atoms with Crippen molar-refractivity contribution in [2.24, 2.45) is 11.8 Å². The van der Waals surface area contributed by atoms with E-state index in [4.69, 9.17) is 0 Å². The van der Waals surface area contributed by atoms with E-state index in [1.165, 1.54) is 0 Å². The molecule has 3 saturated heterocycles. The standard InChI is InChI=1S/C26H41N3O4S/c1-8-13-27(14-9-2)22(31)19-18-11-12-26(34-18)20(19)23(32)29(17(4)16-30)21(26)24(33)28(15-10-3)25(5,6)7/h8,10,17-21,30H,1,3,9,11-16H2,2,4-7H3/t17-,18+,19-,20+,21?,26?/m1/s1. The highest BCUT2D eigenvalue weighted by Crippen LogP contribution is 2.67. The number of hydrogen-bond donors (Lipinski definition) is 1. The van der Waals surface area contributed by atoms with Crippen LogP contribution in [0, 0.1) is 11.8 Å². The smallest absolute Gasteiger partial charge is 0.247 e. The number of hydrogen-bond acceptors (Lipinski definition) is 5. The lowest BCUT2D eigenvalue weighted by molar-refractivity contribution is -0.148. The lowest BCUT2D eigenvalue weighted by atomic mass is 9.70. The maximum Gasteiger partial charge on any atom is 0.247 e. The van der Waals surface area contributed by atoms with Gasteiger partial charge in [0.25, 0.3) is 0 Å². The van der Waals surface area contributed by atoms with Gasteiger partial charge in [0.2, 0.25) is 17.7 Å². The Kier molecular flexibility index (Phi) is 7.92. The average molecular weight is 492 g/mol. The minimum Gasteiger partial charge on any atom is -0.394 e. The zero-order valence-corrected chi connectivity index (χ0v) is 22.1. The minimum absolute atomic E-state index is 0.0114. The van der Waals surface area contributed by atoms with Crippen LogP contribution in [0.1, 0.15) is 53.9 Å². The summed E-state index contributed by atoms with van der Waals surface area (Å²) in [6.45, 7) is 18.6. The van der Waals surface area contributed by atoms with E-state index in [-0.39, 0.29) is 29.6 Å². The minimum atomic E-state index is -0.710. The summed E-state index contributed by atoms with van der Waals surface area (Å²) in [5, 5.41) is 10.0. The molecule has 0 radical (unpaired) electrons. The van der Waals surface area contributed by atoms with E-state index >= 15 is 0 Å². The molecule has 190 valence electrons. The van der Waals surface area contributed by atoms with Gasteiger partial charge in [0.15, 0.2) is 0 Å². The van der Waals surface area contributed by atoms with Crippen LogP contribution in [0.15, 0.2) is 25.3 Å². The van der Waals surface area contributed by atoms with Gasteiger partial charge in [0, 0.05) is 30.4 Å². The molecular weight excluding hydrogens is 450 g/mol. The first-order valence-electron chi connectivity index (χ1n) is 12.4. The van der Waals surface area contributed by atoms with E-state index in [0.29, 0.717) is 19.6 Å². The van der Waals surface area contributed by atoms with Gasteiger partial charge in [-0.25, -0.2) is 0 Å². The number of rotatable bonds is 10. The molecule has 34 heavy (non-hydrogen) atoms. The van der Waals surface area contributed by atoms with Crippen LogP contribution in [0.3, 0.4) is 0 Å². The molecule has 2 bridgehead atoms. The highest BCUT2D eigenvalue weighted by Gasteiger charge is 2.74. The molecule has 0 aromatic rings. The van der Waals surface area contributed by atoms with Gasteiger partial charge in [-0.1, -0.05) is 19.1 Å². The Hall–Kier alpha value is -1.80. The number of likely N-dealkylation sites (tertiary alicyclic amines) is 1. The normalized spacial score (nSPS) is 30.8. The molecule has 8 heteroatoms. The third kappa shape index (κ3) is 4.21. The summed E-state index contributed by atoms with van der Waals surface area (Å²) in [5.74, 6) is -1.31. The number of carbonyl (C=O) groups excluding carboxylic acids is 3. The van der Waals surface area contributed by atoms with Crippen LogP contribution in [0.2, 0.25) is 0 Å². The first-order valence-corrected chi connectivity index (χ1v) is 13.3. The van der Waals surface area contributed by atoms with Crippen molar-refractivity contribution in [1.82, 2.24) is 14.7 Å². The molecule has 0 aromatic heterocycles. The average Bonchev–Trinajstić information content (AvgIpc) is 3.42. The maximum atomic E-state index is 14.2. The first-order chi connectivity index (χ1) is 16.0. The molecule has 6 atom stereocenters. The molecule has 3 aliphatic heterocycles. The van der Waals surface area contributed by atoms with Crippen LogP contribution in [0.25, 0.3) is 0 Å². The Morgan fingerprint density at radius 1 is 1.26 bits per heavy atom. The van der Waals surface area contributed by atoms with Gasteiger partial charge in [-0.2, -0.15) is 0 Å². The molecule has 0 aromatic carbocycles. The number of amides is 3. The zero-order chi connectivity index (χ0) is 25.4. The predicted octanol–water partition coefficient (Wildman–Crippen LogP) is 2.70. The van der Waals surface area contributed by atoms with Gasteiger partial charge in [-0.3, -0.25) is 14.4 Å². The number of aliphatic hydroxyl groups excluding tert-OH is 1. The molecule has 3 amide bonds. The molecule has 0 saturated carbocycles. The molecule has 7 nitrogen and oxygen atoms in total. The number of fused-ring (bicyclic) bond motifs is 1. The van der Waals surface area contributed by atoms with Crippen LogP contribution in [-0.4, -0.2) is 91.4 Å². The van der Waals surface area contributed by atoms with Gasteiger partial charge >= 0.3 is 0 Å². The SMILES string of the molecule is C=CCN(CCC)C(=O)[C@@H]1[C@@H]2CCC3(S2)C(C(=O)N(CC=C)C(C)(C)C)N([C@H](C)CO)C(=O)[C@H]13. The van der Waals surface area contributed by atoms with Crippen molar-refractivity contribution in [2.75, 3.05) is 26.2 Å². The number of nitrogens with zero attached hydrogens (tertiary/aromatic N) is 3. The lowest BCUT2D eigenvalue weighted by Gasteiger charge is -2.43. The van der Waals surface area contributed by atoms with E-state index in [1.807, 2.05) is 27.7 Å². The van der Waals surface area contributed by atoms with E-state index in [9.17, 15) is 19.5 Å². The molecule has 3 aliphatic rings. The van der Waals surface area contributed by atoms with Crippen molar-refractivity contribution in [3.8, 4) is 0 Å². The monoisotopic (exact) mass is 491 g/mol. The van der Waals surface area contributed by atoms with Gasteiger partial charge in [-0.15, -0.1) is 24.9 Å². The Balaban J connectivity index is 2.08. The second-order valence-electron chi connectivity index (χ2n) is 10.8. The summed E-state index contributed by atoms with van der Waals surface area (Å²) in [6, 6.07) is -1.22. The third-order valence-electron chi connectivity index (χ3n) is 7.54. The van der Waals surface area contributed by atoms with E-state index in [0.717, 1.165) is 19.3 Å². The van der Waals surface area contributed by atoms with Crippen molar-refractivity contribution in [3.05, 3.63) is 25.3 Å². The highest BCUT2D eigenvalue weighted by molar-refractivity contribution is 8.02. The van der Waals surface area contributed by atoms with Gasteiger partial charge in [-0.05, 0) is 47.0 Å². The third-order valence-corrected chi connectivity index (χ3v) is 9.49. The van der Waals surface area contributed by atoms with Crippen LogP contribution >= 0.6 is 11.8 Å². The molecule has 1 spiro atoms. The fourth-order valence-corrected chi connectivity index (χ4v) is 8.31. The molecule has 0 aliphatic carbocycles. The summed E-state index contributed by atoms with van der Waals surface area (Å²) in [7, 11) is 0. The topological polar surface area (TPSA) is 81.2 Å². The Bertz CT molecular complexity index is 840. The predicted molar refractivity (Wildman–Crippen MR) is 136 cm³/mol.